The summed E-state index contributed by atoms with van der Waals surface area (Å²) in [6.45, 7) is 5.01. The van der Waals surface area contributed by atoms with Gasteiger partial charge in [0.25, 0.3) is 0 Å². The van der Waals surface area contributed by atoms with Crippen LogP contribution in [0.25, 0.3) is 0 Å². The SMILES string of the molecule is CC(CCN1CCCC(C(=O)O)C1)c1ccccc1. The highest BCUT2D eigenvalue weighted by Gasteiger charge is 2.25. The van der Waals surface area contributed by atoms with Crippen molar-refractivity contribution in [1.82, 2.24) is 4.90 Å². The minimum absolute atomic E-state index is 0.166. The Morgan fingerprint density at radius 2 is 2.16 bits per heavy atom. The number of hydrogen-bond donors (Lipinski definition) is 1. The zero-order valence-electron chi connectivity index (χ0n) is 11.6. The molecule has 0 bridgehead atoms. The molecule has 0 amide bonds. The van der Waals surface area contributed by atoms with Crippen LogP contribution in [-0.4, -0.2) is 35.6 Å². The van der Waals surface area contributed by atoms with E-state index < -0.39 is 5.97 Å². The number of hydrogen-bond acceptors (Lipinski definition) is 2. The van der Waals surface area contributed by atoms with Gasteiger partial charge in [-0.15, -0.1) is 0 Å². The van der Waals surface area contributed by atoms with Crippen molar-refractivity contribution in [2.45, 2.75) is 32.1 Å². The molecule has 0 radical (unpaired) electrons. The molecule has 1 N–H and O–H groups in total. The molecular weight excluding hydrogens is 238 g/mol. The number of piperidine rings is 1. The highest BCUT2D eigenvalue weighted by atomic mass is 16.4. The van der Waals surface area contributed by atoms with Crippen molar-refractivity contribution in [3.63, 3.8) is 0 Å². The number of aliphatic carboxylic acids is 1. The monoisotopic (exact) mass is 261 g/mol. The van der Waals surface area contributed by atoms with Crippen LogP contribution < -0.4 is 0 Å². The number of carboxylic acid groups (broad SMARTS) is 1. The Bertz CT molecular complexity index is 404. The number of carbonyl (C=O) groups is 1. The molecule has 1 aliphatic heterocycles. The quantitative estimate of drug-likeness (QED) is 0.886. The maximum atomic E-state index is 11.0. The van der Waals surface area contributed by atoms with E-state index in [0.29, 0.717) is 5.92 Å². The van der Waals surface area contributed by atoms with E-state index in [1.165, 1.54) is 5.56 Å². The van der Waals surface area contributed by atoms with Crippen molar-refractivity contribution in [3.05, 3.63) is 35.9 Å². The molecule has 1 aromatic rings. The Hall–Kier alpha value is -1.35. The number of likely N-dealkylation sites (tertiary alicyclic amines) is 1. The van der Waals surface area contributed by atoms with E-state index in [1.54, 1.807) is 0 Å². The van der Waals surface area contributed by atoms with E-state index in [-0.39, 0.29) is 5.92 Å². The van der Waals surface area contributed by atoms with Gasteiger partial charge in [0.05, 0.1) is 5.92 Å². The molecule has 104 valence electrons. The average Bonchev–Trinajstić information content (AvgIpc) is 2.46. The minimum Gasteiger partial charge on any atom is -0.481 e. The molecule has 2 atom stereocenters. The second-order valence-corrected chi connectivity index (χ2v) is 5.58. The van der Waals surface area contributed by atoms with E-state index in [9.17, 15) is 4.79 Å². The molecule has 1 heterocycles. The molecule has 19 heavy (non-hydrogen) atoms. The van der Waals surface area contributed by atoms with Crippen LogP contribution in [0.4, 0.5) is 0 Å². The van der Waals surface area contributed by atoms with Crippen molar-refractivity contribution in [3.8, 4) is 0 Å². The topological polar surface area (TPSA) is 40.5 Å². The van der Waals surface area contributed by atoms with Crippen LogP contribution in [0.5, 0.6) is 0 Å². The summed E-state index contributed by atoms with van der Waals surface area (Å²) in [7, 11) is 0. The molecular formula is C16H23NO2. The van der Waals surface area contributed by atoms with Crippen LogP contribution in [0.15, 0.2) is 30.3 Å². The molecule has 0 aromatic heterocycles. The maximum Gasteiger partial charge on any atom is 0.307 e. The van der Waals surface area contributed by atoms with Crippen molar-refractivity contribution < 1.29 is 9.90 Å². The van der Waals surface area contributed by atoms with E-state index in [1.807, 2.05) is 6.07 Å². The van der Waals surface area contributed by atoms with E-state index in [4.69, 9.17) is 5.11 Å². The van der Waals surface area contributed by atoms with Crippen molar-refractivity contribution in [1.29, 1.82) is 0 Å². The smallest absolute Gasteiger partial charge is 0.307 e. The normalized spacial score (nSPS) is 22.1. The fourth-order valence-corrected chi connectivity index (χ4v) is 2.78. The molecule has 2 unspecified atom stereocenters. The summed E-state index contributed by atoms with van der Waals surface area (Å²) in [4.78, 5) is 13.3. The van der Waals surface area contributed by atoms with Crippen LogP contribution in [0, 0.1) is 5.92 Å². The lowest BCUT2D eigenvalue weighted by atomic mass is 9.95. The summed E-state index contributed by atoms with van der Waals surface area (Å²) in [5, 5.41) is 9.08. The largest absolute Gasteiger partial charge is 0.481 e. The standard InChI is InChI=1S/C16H23NO2/c1-13(14-6-3-2-4-7-14)9-11-17-10-5-8-15(12-17)16(18)19/h2-4,6-7,13,15H,5,8-12H2,1H3,(H,18,19). The summed E-state index contributed by atoms with van der Waals surface area (Å²) in [6.07, 6.45) is 2.94. The fraction of sp³-hybridized carbons (Fsp3) is 0.562. The Morgan fingerprint density at radius 1 is 1.42 bits per heavy atom. The molecule has 1 saturated heterocycles. The maximum absolute atomic E-state index is 11.0. The lowest BCUT2D eigenvalue weighted by molar-refractivity contribution is -0.143. The van der Waals surface area contributed by atoms with Gasteiger partial charge in [0.1, 0.15) is 0 Å². The first-order chi connectivity index (χ1) is 9.16. The van der Waals surface area contributed by atoms with Crippen molar-refractivity contribution in [2.75, 3.05) is 19.6 Å². The van der Waals surface area contributed by atoms with Gasteiger partial charge in [0.2, 0.25) is 0 Å². The van der Waals surface area contributed by atoms with Gasteiger partial charge in [-0.2, -0.15) is 0 Å². The Labute approximate surface area is 115 Å². The Kier molecular flexibility index (Phi) is 4.97. The van der Waals surface area contributed by atoms with Gasteiger partial charge in [0.15, 0.2) is 0 Å². The molecule has 2 rings (SSSR count). The zero-order chi connectivity index (χ0) is 13.7. The number of nitrogens with zero attached hydrogens (tertiary/aromatic N) is 1. The first-order valence-electron chi connectivity index (χ1n) is 7.17. The molecule has 0 aliphatic carbocycles. The summed E-state index contributed by atoms with van der Waals surface area (Å²) in [6, 6.07) is 10.5. The predicted molar refractivity (Wildman–Crippen MR) is 76.3 cm³/mol. The molecule has 3 heteroatoms. The summed E-state index contributed by atoms with van der Waals surface area (Å²) < 4.78 is 0. The third kappa shape index (κ3) is 4.06. The number of rotatable bonds is 5. The second-order valence-electron chi connectivity index (χ2n) is 5.58. The molecule has 1 fully saturated rings. The van der Waals surface area contributed by atoms with Crippen molar-refractivity contribution in [2.24, 2.45) is 5.92 Å². The lowest BCUT2D eigenvalue weighted by Gasteiger charge is -2.31. The van der Waals surface area contributed by atoms with Gasteiger partial charge >= 0.3 is 5.97 Å². The Morgan fingerprint density at radius 3 is 2.84 bits per heavy atom. The van der Waals surface area contributed by atoms with E-state index in [0.717, 1.165) is 38.9 Å². The minimum atomic E-state index is -0.638. The van der Waals surface area contributed by atoms with Gasteiger partial charge in [-0.3, -0.25) is 4.79 Å². The Balaban J connectivity index is 1.80. The predicted octanol–water partition coefficient (Wildman–Crippen LogP) is 2.98. The molecule has 3 nitrogen and oxygen atoms in total. The highest BCUT2D eigenvalue weighted by Crippen LogP contribution is 2.21. The fourth-order valence-electron chi connectivity index (χ4n) is 2.78. The van der Waals surface area contributed by atoms with Crippen LogP contribution in [0.3, 0.4) is 0 Å². The van der Waals surface area contributed by atoms with Crippen LogP contribution in [-0.2, 0) is 4.79 Å². The summed E-state index contributed by atoms with van der Waals surface area (Å²) in [5.74, 6) is -0.270. The third-order valence-corrected chi connectivity index (χ3v) is 4.10. The molecule has 1 aliphatic rings. The molecule has 0 saturated carbocycles. The number of benzene rings is 1. The van der Waals surface area contributed by atoms with E-state index >= 15 is 0 Å². The van der Waals surface area contributed by atoms with Gasteiger partial charge in [-0.1, -0.05) is 37.3 Å². The van der Waals surface area contributed by atoms with Crippen LogP contribution >= 0.6 is 0 Å². The van der Waals surface area contributed by atoms with Crippen LogP contribution in [0.2, 0.25) is 0 Å². The first-order valence-corrected chi connectivity index (χ1v) is 7.17. The van der Waals surface area contributed by atoms with Crippen LogP contribution in [0.1, 0.15) is 37.7 Å². The van der Waals surface area contributed by atoms with Gasteiger partial charge in [0, 0.05) is 6.54 Å². The number of carboxylic acids is 1. The third-order valence-electron chi connectivity index (χ3n) is 4.10. The lowest BCUT2D eigenvalue weighted by Crippen LogP contribution is -2.39. The highest BCUT2D eigenvalue weighted by molar-refractivity contribution is 5.70. The van der Waals surface area contributed by atoms with E-state index in [2.05, 4.69) is 36.1 Å². The summed E-state index contributed by atoms with van der Waals surface area (Å²) in [5.41, 5.74) is 1.37. The average molecular weight is 261 g/mol. The van der Waals surface area contributed by atoms with Crippen molar-refractivity contribution >= 4 is 5.97 Å². The molecule has 1 aromatic carbocycles. The van der Waals surface area contributed by atoms with Gasteiger partial charge < -0.3 is 10.0 Å². The molecule has 0 spiro atoms. The first kappa shape index (κ1) is 14.1. The second kappa shape index (κ2) is 6.71. The summed E-state index contributed by atoms with van der Waals surface area (Å²) >= 11 is 0. The van der Waals surface area contributed by atoms with Gasteiger partial charge in [-0.05, 0) is 43.8 Å². The zero-order valence-corrected chi connectivity index (χ0v) is 11.6. The van der Waals surface area contributed by atoms with Gasteiger partial charge in [-0.25, -0.2) is 0 Å².